The van der Waals surface area contributed by atoms with Gasteiger partial charge in [-0.25, -0.2) is 4.39 Å². The minimum Gasteiger partial charge on any atom is -0.370 e. The molecule has 2 N–H and O–H groups in total. The molecule has 1 saturated heterocycles. The van der Waals surface area contributed by atoms with Crippen molar-refractivity contribution in [3.8, 4) is 0 Å². The number of nitrogens with zero attached hydrogens (tertiary/aromatic N) is 1. The summed E-state index contributed by atoms with van der Waals surface area (Å²) in [4.78, 5) is 2.24. The summed E-state index contributed by atoms with van der Waals surface area (Å²) >= 11 is 1.97. The number of anilines is 1. The number of hydrogen-bond donors (Lipinski definition) is 1. The smallest absolute Gasteiger partial charge is 0.129 e. The van der Waals surface area contributed by atoms with Crippen LogP contribution >= 0.6 is 11.8 Å². The van der Waals surface area contributed by atoms with Gasteiger partial charge < -0.3 is 10.6 Å². The van der Waals surface area contributed by atoms with Crippen LogP contribution in [0.5, 0.6) is 0 Å². The lowest BCUT2D eigenvalue weighted by molar-refractivity contribution is 0.609. The van der Waals surface area contributed by atoms with Crippen molar-refractivity contribution < 1.29 is 4.39 Å². The zero-order valence-electron chi connectivity index (χ0n) is 9.45. The van der Waals surface area contributed by atoms with Crippen LogP contribution in [0.4, 0.5) is 10.1 Å². The summed E-state index contributed by atoms with van der Waals surface area (Å²) in [6, 6.07) is 5.36. The molecule has 0 radical (unpaired) electrons. The van der Waals surface area contributed by atoms with Gasteiger partial charge in [0.05, 0.1) is 0 Å². The molecule has 0 bridgehead atoms. The van der Waals surface area contributed by atoms with Gasteiger partial charge in [0.25, 0.3) is 0 Å². The predicted molar refractivity (Wildman–Crippen MR) is 68.4 cm³/mol. The van der Waals surface area contributed by atoms with Crippen molar-refractivity contribution in [2.24, 2.45) is 5.73 Å². The Labute approximate surface area is 100 Å². The second-order valence-corrected chi connectivity index (χ2v) is 5.65. The lowest BCUT2D eigenvalue weighted by Gasteiger charge is -2.32. The van der Waals surface area contributed by atoms with E-state index in [0.29, 0.717) is 10.8 Å². The van der Waals surface area contributed by atoms with Crippen LogP contribution in [-0.4, -0.2) is 24.1 Å². The summed E-state index contributed by atoms with van der Waals surface area (Å²) in [5, 5.41) is 0.617. The van der Waals surface area contributed by atoms with E-state index in [2.05, 4.69) is 11.8 Å². The fraction of sp³-hybridized carbons (Fsp3) is 0.500. The van der Waals surface area contributed by atoms with Gasteiger partial charge in [0.1, 0.15) is 5.82 Å². The van der Waals surface area contributed by atoms with E-state index in [4.69, 9.17) is 5.73 Å². The Kier molecular flexibility index (Phi) is 3.71. The van der Waals surface area contributed by atoms with Crippen molar-refractivity contribution in [1.29, 1.82) is 0 Å². The third-order valence-electron chi connectivity index (χ3n) is 2.86. The lowest BCUT2D eigenvalue weighted by Crippen LogP contribution is -2.36. The van der Waals surface area contributed by atoms with E-state index < -0.39 is 0 Å². The van der Waals surface area contributed by atoms with Gasteiger partial charge in [-0.1, -0.05) is 13.0 Å². The number of rotatable bonds is 2. The third-order valence-corrected chi connectivity index (χ3v) is 4.00. The number of benzene rings is 1. The van der Waals surface area contributed by atoms with Crippen molar-refractivity contribution >= 4 is 17.4 Å². The van der Waals surface area contributed by atoms with Crippen molar-refractivity contribution in [3.05, 3.63) is 29.6 Å². The summed E-state index contributed by atoms with van der Waals surface area (Å²) in [5.41, 5.74) is 7.00. The fourth-order valence-corrected chi connectivity index (χ4v) is 2.96. The Morgan fingerprint density at radius 1 is 1.56 bits per heavy atom. The van der Waals surface area contributed by atoms with E-state index in [0.717, 1.165) is 24.5 Å². The molecule has 0 saturated carbocycles. The summed E-state index contributed by atoms with van der Waals surface area (Å²) < 4.78 is 13.6. The van der Waals surface area contributed by atoms with Gasteiger partial charge in [-0.2, -0.15) is 11.8 Å². The van der Waals surface area contributed by atoms with Gasteiger partial charge in [0.2, 0.25) is 0 Å². The molecule has 1 aliphatic rings. The summed E-state index contributed by atoms with van der Waals surface area (Å²) in [6.07, 6.45) is 0. The Morgan fingerprint density at radius 3 is 3.00 bits per heavy atom. The first-order valence-electron chi connectivity index (χ1n) is 5.55. The Balaban J connectivity index is 2.17. The molecule has 0 spiro atoms. The highest BCUT2D eigenvalue weighted by Crippen LogP contribution is 2.25. The molecule has 4 heteroatoms. The lowest BCUT2D eigenvalue weighted by atomic mass is 10.1. The zero-order valence-corrected chi connectivity index (χ0v) is 10.3. The number of hydrogen-bond acceptors (Lipinski definition) is 3. The summed E-state index contributed by atoms with van der Waals surface area (Å²) in [6.45, 7) is 4.46. The van der Waals surface area contributed by atoms with Gasteiger partial charge in [-0.15, -0.1) is 0 Å². The van der Waals surface area contributed by atoms with Crippen LogP contribution in [0, 0.1) is 5.82 Å². The molecule has 16 heavy (non-hydrogen) atoms. The molecule has 1 aromatic carbocycles. The van der Waals surface area contributed by atoms with Crippen molar-refractivity contribution in [3.63, 3.8) is 0 Å². The van der Waals surface area contributed by atoms with E-state index in [1.165, 1.54) is 0 Å². The molecule has 1 aliphatic heterocycles. The van der Waals surface area contributed by atoms with E-state index in [9.17, 15) is 4.39 Å². The first-order chi connectivity index (χ1) is 7.70. The minimum absolute atomic E-state index is 0.189. The van der Waals surface area contributed by atoms with Crippen LogP contribution < -0.4 is 10.6 Å². The molecule has 1 heterocycles. The standard InChI is InChI=1S/C12H17FN2S/c1-9-8-15(4-5-16-9)11-3-2-10(7-14)12(13)6-11/h2-3,6,9H,4-5,7-8,14H2,1H3. The molecular weight excluding hydrogens is 223 g/mol. The predicted octanol–water partition coefficient (Wildman–Crippen LogP) is 2.23. The quantitative estimate of drug-likeness (QED) is 0.859. The Bertz CT molecular complexity index is 370. The first kappa shape index (κ1) is 11.7. The van der Waals surface area contributed by atoms with Crippen LogP contribution in [0.15, 0.2) is 18.2 Å². The number of thioether (sulfide) groups is 1. The van der Waals surface area contributed by atoms with E-state index in [-0.39, 0.29) is 12.4 Å². The summed E-state index contributed by atoms with van der Waals surface area (Å²) in [7, 11) is 0. The maximum atomic E-state index is 13.6. The molecular formula is C12H17FN2S. The topological polar surface area (TPSA) is 29.3 Å². The molecule has 88 valence electrons. The SMILES string of the molecule is CC1CN(c2ccc(CN)c(F)c2)CCS1. The highest BCUT2D eigenvalue weighted by molar-refractivity contribution is 8.00. The molecule has 0 aliphatic carbocycles. The van der Waals surface area contributed by atoms with Gasteiger partial charge in [0, 0.05) is 41.9 Å². The zero-order chi connectivity index (χ0) is 11.5. The molecule has 1 atom stereocenters. The highest BCUT2D eigenvalue weighted by atomic mass is 32.2. The van der Waals surface area contributed by atoms with Gasteiger partial charge in [0.15, 0.2) is 0 Å². The van der Waals surface area contributed by atoms with Crippen molar-refractivity contribution in [1.82, 2.24) is 0 Å². The fourth-order valence-electron chi connectivity index (χ4n) is 1.95. The third kappa shape index (κ3) is 2.50. The Hall–Kier alpha value is -0.740. The molecule has 0 aromatic heterocycles. The van der Waals surface area contributed by atoms with Crippen molar-refractivity contribution in [2.45, 2.75) is 18.7 Å². The first-order valence-corrected chi connectivity index (χ1v) is 6.60. The van der Waals surface area contributed by atoms with E-state index in [1.54, 1.807) is 12.1 Å². The van der Waals surface area contributed by atoms with E-state index in [1.807, 2.05) is 17.8 Å². The van der Waals surface area contributed by atoms with Gasteiger partial charge in [-0.05, 0) is 12.1 Å². The van der Waals surface area contributed by atoms with Gasteiger partial charge in [-0.3, -0.25) is 0 Å². The molecule has 1 fully saturated rings. The largest absolute Gasteiger partial charge is 0.370 e. The highest BCUT2D eigenvalue weighted by Gasteiger charge is 2.17. The average Bonchev–Trinajstić information content (AvgIpc) is 2.29. The molecule has 1 unspecified atom stereocenters. The van der Waals surface area contributed by atoms with Crippen LogP contribution in [0.2, 0.25) is 0 Å². The molecule has 0 amide bonds. The maximum absolute atomic E-state index is 13.6. The van der Waals surface area contributed by atoms with Crippen LogP contribution in [0.1, 0.15) is 12.5 Å². The number of halogens is 1. The second-order valence-electron chi connectivity index (χ2n) is 4.11. The second kappa shape index (κ2) is 5.06. The maximum Gasteiger partial charge on any atom is 0.129 e. The average molecular weight is 240 g/mol. The van der Waals surface area contributed by atoms with Crippen LogP contribution in [-0.2, 0) is 6.54 Å². The van der Waals surface area contributed by atoms with Crippen LogP contribution in [0.25, 0.3) is 0 Å². The number of nitrogens with two attached hydrogens (primary N) is 1. The van der Waals surface area contributed by atoms with Crippen LogP contribution in [0.3, 0.4) is 0 Å². The Morgan fingerprint density at radius 2 is 2.38 bits per heavy atom. The molecule has 1 aromatic rings. The monoisotopic (exact) mass is 240 g/mol. The molecule has 2 rings (SSSR count). The van der Waals surface area contributed by atoms with Gasteiger partial charge >= 0.3 is 0 Å². The van der Waals surface area contributed by atoms with Crippen molar-refractivity contribution in [2.75, 3.05) is 23.7 Å². The normalized spacial score (nSPS) is 21.2. The molecule has 2 nitrogen and oxygen atoms in total. The van der Waals surface area contributed by atoms with E-state index >= 15 is 0 Å². The minimum atomic E-state index is -0.189. The summed E-state index contributed by atoms with van der Waals surface area (Å²) in [5.74, 6) is 0.924.